The molecule has 6 heteroatoms. The summed E-state index contributed by atoms with van der Waals surface area (Å²) in [6, 6.07) is 10.1. The monoisotopic (exact) mass is 447 g/mol. The first-order chi connectivity index (χ1) is 13.6. The van der Waals surface area contributed by atoms with Gasteiger partial charge in [0.05, 0.1) is 0 Å². The van der Waals surface area contributed by atoms with Gasteiger partial charge in [-0.15, -0.1) is 0 Å². The molecule has 2 aliphatic heterocycles. The van der Waals surface area contributed by atoms with Gasteiger partial charge in [-0.2, -0.15) is 0 Å². The van der Waals surface area contributed by atoms with Crippen molar-refractivity contribution in [3.63, 3.8) is 0 Å². The standard InChI is InChI=1S/C22H34BrN5/c1-17(19-3-5-20(23)6-4-19)26-11-13-27(14-12-26)22(24-2)25-15-18-9-10-28(16-18)21-7-8-21/h3-6,17-18,21H,7-16H2,1-2H3,(H,24,25). The van der Waals surface area contributed by atoms with Gasteiger partial charge in [-0.05, 0) is 56.3 Å². The van der Waals surface area contributed by atoms with Crippen molar-refractivity contribution in [1.82, 2.24) is 20.0 Å². The Labute approximate surface area is 178 Å². The number of piperazine rings is 1. The fourth-order valence-electron chi connectivity index (χ4n) is 4.64. The third kappa shape index (κ3) is 4.89. The highest BCUT2D eigenvalue weighted by atomic mass is 79.9. The molecular formula is C22H34BrN5. The molecule has 4 rings (SSSR count). The topological polar surface area (TPSA) is 34.1 Å². The molecular weight excluding hydrogens is 414 g/mol. The first-order valence-corrected chi connectivity index (χ1v) is 11.6. The molecule has 2 unspecified atom stereocenters. The molecule has 1 N–H and O–H groups in total. The summed E-state index contributed by atoms with van der Waals surface area (Å²) >= 11 is 3.53. The van der Waals surface area contributed by atoms with Crippen molar-refractivity contribution < 1.29 is 0 Å². The number of rotatable bonds is 5. The van der Waals surface area contributed by atoms with Crippen LogP contribution in [0, 0.1) is 5.92 Å². The quantitative estimate of drug-likeness (QED) is 0.554. The van der Waals surface area contributed by atoms with Crippen LogP contribution in [0.3, 0.4) is 0 Å². The minimum absolute atomic E-state index is 0.456. The maximum absolute atomic E-state index is 4.57. The third-order valence-electron chi connectivity index (χ3n) is 6.66. The molecule has 1 aromatic rings. The summed E-state index contributed by atoms with van der Waals surface area (Å²) in [6.45, 7) is 10.2. The first-order valence-electron chi connectivity index (χ1n) is 10.8. The van der Waals surface area contributed by atoms with Gasteiger partial charge in [-0.25, -0.2) is 0 Å². The Morgan fingerprint density at radius 1 is 1.11 bits per heavy atom. The molecule has 0 amide bonds. The van der Waals surface area contributed by atoms with Crippen LogP contribution in [0.25, 0.3) is 0 Å². The van der Waals surface area contributed by atoms with E-state index in [1.165, 1.54) is 37.9 Å². The summed E-state index contributed by atoms with van der Waals surface area (Å²) in [6.07, 6.45) is 4.18. The minimum Gasteiger partial charge on any atom is -0.356 e. The Morgan fingerprint density at radius 2 is 1.82 bits per heavy atom. The number of benzene rings is 1. The van der Waals surface area contributed by atoms with Gasteiger partial charge in [0, 0.05) is 62.9 Å². The number of likely N-dealkylation sites (tertiary alicyclic amines) is 1. The zero-order valence-electron chi connectivity index (χ0n) is 17.3. The third-order valence-corrected chi connectivity index (χ3v) is 7.18. The van der Waals surface area contributed by atoms with E-state index < -0.39 is 0 Å². The van der Waals surface area contributed by atoms with Crippen LogP contribution in [-0.4, -0.2) is 79.6 Å². The van der Waals surface area contributed by atoms with Crippen LogP contribution < -0.4 is 5.32 Å². The summed E-state index contributed by atoms with van der Waals surface area (Å²) in [4.78, 5) is 12.3. The number of nitrogens with one attached hydrogen (secondary N) is 1. The lowest BCUT2D eigenvalue weighted by molar-refractivity contribution is 0.138. The molecule has 3 fully saturated rings. The molecule has 2 saturated heterocycles. The molecule has 1 aliphatic carbocycles. The van der Waals surface area contributed by atoms with Gasteiger partial charge in [-0.1, -0.05) is 28.1 Å². The van der Waals surface area contributed by atoms with Gasteiger partial charge in [0.25, 0.3) is 0 Å². The highest BCUT2D eigenvalue weighted by Crippen LogP contribution is 2.31. The molecule has 0 radical (unpaired) electrons. The van der Waals surface area contributed by atoms with Gasteiger partial charge >= 0.3 is 0 Å². The molecule has 5 nitrogen and oxygen atoms in total. The van der Waals surface area contributed by atoms with Gasteiger partial charge in [0.15, 0.2) is 5.96 Å². The van der Waals surface area contributed by atoms with E-state index >= 15 is 0 Å². The van der Waals surface area contributed by atoms with E-state index in [1.807, 2.05) is 7.05 Å². The Bertz CT molecular complexity index is 664. The fourth-order valence-corrected chi connectivity index (χ4v) is 4.91. The Hall–Kier alpha value is -1.11. The molecule has 0 aromatic heterocycles. The number of hydrogen-bond donors (Lipinski definition) is 1. The average Bonchev–Trinajstić information content (AvgIpc) is 3.47. The van der Waals surface area contributed by atoms with Gasteiger partial charge in [0.1, 0.15) is 0 Å². The lowest BCUT2D eigenvalue weighted by Gasteiger charge is -2.39. The van der Waals surface area contributed by atoms with E-state index in [9.17, 15) is 0 Å². The number of hydrogen-bond acceptors (Lipinski definition) is 3. The van der Waals surface area contributed by atoms with Crippen LogP contribution in [-0.2, 0) is 0 Å². The van der Waals surface area contributed by atoms with Gasteiger partial charge < -0.3 is 15.1 Å². The number of nitrogens with zero attached hydrogens (tertiary/aromatic N) is 4. The van der Waals surface area contributed by atoms with Crippen molar-refractivity contribution in [3.05, 3.63) is 34.3 Å². The predicted octanol–water partition coefficient (Wildman–Crippen LogP) is 3.19. The van der Waals surface area contributed by atoms with Crippen molar-refractivity contribution in [1.29, 1.82) is 0 Å². The molecule has 2 heterocycles. The van der Waals surface area contributed by atoms with Crippen molar-refractivity contribution in [2.24, 2.45) is 10.9 Å². The number of halogens is 1. The number of aliphatic imine (C=N–C) groups is 1. The van der Waals surface area contributed by atoms with Crippen LogP contribution in [0.1, 0.15) is 37.8 Å². The maximum atomic E-state index is 4.57. The largest absolute Gasteiger partial charge is 0.356 e. The van der Waals surface area contributed by atoms with E-state index in [-0.39, 0.29) is 0 Å². The van der Waals surface area contributed by atoms with Crippen LogP contribution in [0.5, 0.6) is 0 Å². The first kappa shape index (κ1) is 20.2. The van der Waals surface area contributed by atoms with E-state index in [0.717, 1.165) is 55.1 Å². The lowest BCUT2D eigenvalue weighted by atomic mass is 10.1. The highest BCUT2D eigenvalue weighted by Gasteiger charge is 2.34. The van der Waals surface area contributed by atoms with E-state index in [1.54, 1.807) is 0 Å². The second-order valence-electron chi connectivity index (χ2n) is 8.56. The molecule has 0 bridgehead atoms. The number of guanidine groups is 1. The second-order valence-corrected chi connectivity index (χ2v) is 9.48. The Morgan fingerprint density at radius 3 is 2.46 bits per heavy atom. The molecule has 1 saturated carbocycles. The summed E-state index contributed by atoms with van der Waals surface area (Å²) < 4.78 is 1.14. The average molecular weight is 448 g/mol. The predicted molar refractivity (Wildman–Crippen MR) is 120 cm³/mol. The Balaban J connectivity index is 1.23. The minimum atomic E-state index is 0.456. The maximum Gasteiger partial charge on any atom is 0.193 e. The fraction of sp³-hybridized carbons (Fsp3) is 0.682. The van der Waals surface area contributed by atoms with Crippen LogP contribution in [0.4, 0.5) is 0 Å². The summed E-state index contributed by atoms with van der Waals surface area (Å²) in [5.74, 6) is 1.86. The molecule has 0 spiro atoms. The molecule has 3 aliphatic rings. The summed E-state index contributed by atoms with van der Waals surface area (Å²) in [5.41, 5.74) is 1.39. The highest BCUT2D eigenvalue weighted by molar-refractivity contribution is 9.10. The normalized spacial score (nSPS) is 25.9. The summed E-state index contributed by atoms with van der Waals surface area (Å²) in [7, 11) is 1.92. The lowest BCUT2D eigenvalue weighted by Crippen LogP contribution is -2.53. The molecule has 2 atom stereocenters. The van der Waals surface area contributed by atoms with E-state index in [4.69, 9.17) is 0 Å². The smallest absolute Gasteiger partial charge is 0.193 e. The zero-order valence-corrected chi connectivity index (χ0v) is 18.9. The van der Waals surface area contributed by atoms with Crippen molar-refractivity contribution >= 4 is 21.9 Å². The summed E-state index contributed by atoms with van der Waals surface area (Å²) in [5, 5.41) is 3.67. The zero-order chi connectivity index (χ0) is 19.5. The van der Waals surface area contributed by atoms with Gasteiger partial charge in [-0.3, -0.25) is 9.89 Å². The van der Waals surface area contributed by atoms with Crippen LogP contribution in [0.2, 0.25) is 0 Å². The van der Waals surface area contributed by atoms with Gasteiger partial charge in [0.2, 0.25) is 0 Å². The van der Waals surface area contributed by atoms with Crippen LogP contribution in [0.15, 0.2) is 33.7 Å². The molecule has 28 heavy (non-hydrogen) atoms. The van der Waals surface area contributed by atoms with E-state index in [0.29, 0.717) is 6.04 Å². The van der Waals surface area contributed by atoms with Crippen molar-refractivity contribution in [2.45, 2.75) is 38.3 Å². The van der Waals surface area contributed by atoms with E-state index in [2.05, 4.69) is 72.1 Å². The van der Waals surface area contributed by atoms with Crippen molar-refractivity contribution in [3.8, 4) is 0 Å². The molecule has 154 valence electrons. The van der Waals surface area contributed by atoms with Crippen molar-refractivity contribution in [2.75, 3.05) is 52.9 Å². The molecule has 1 aromatic carbocycles. The van der Waals surface area contributed by atoms with Crippen LogP contribution >= 0.6 is 15.9 Å². The SMILES string of the molecule is CN=C(NCC1CCN(C2CC2)C1)N1CCN(C(C)c2ccc(Br)cc2)CC1. The Kier molecular flexibility index (Phi) is 6.59. The second kappa shape index (κ2) is 9.14.